The normalized spacial score (nSPS) is 18.5. The lowest BCUT2D eigenvalue weighted by Gasteiger charge is -2.30. The summed E-state index contributed by atoms with van der Waals surface area (Å²) in [6, 6.07) is 5.10. The summed E-state index contributed by atoms with van der Waals surface area (Å²) in [5.41, 5.74) is 1.20. The molecule has 4 rings (SSSR count). The summed E-state index contributed by atoms with van der Waals surface area (Å²) in [6.45, 7) is 6.89. The molecule has 2 aliphatic rings. The molecule has 0 N–H and O–H groups in total. The van der Waals surface area contributed by atoms with Crippen molar-refractivity contribution < 1.29 is 18.7 Å². The van der Waals surface area contributed by atoms with E-state index in [0.29, 0.717) is 35.7 Å². The van der Waals surface area contributed by atoms with Crippen molar-refractivity contribution in [2.75, 3.05) is 13.1 Å². The van der Waals surface area contributed by atoms with Crippen molar-refractivity contribution in [3.8, 4) is 11.4 Å². The van der Waals surface area contributed by atoms with Gasteiger partial charge in [0.25, 0.3) is 0 Å². The Morgan fingerprint density at radius 3 is 2.43 bits per heavy atom. The average Bonchev–Trinajstić information content (AvgIpc) is 3.34. The number of fused-ring (bicyclic) bond motifs is 1. The first-order valence-corrected chi connectivity index (χ1v) is 10.1. The second kappa shape index (κ2) is 7.66. The molecule has 8 heteroatoms. The number of aromatic nitrogens is 2. The van der Waals surface area contributed by atoms with Gasteiger partial charge in [0.2, 0.25) is 5.91 Å². The smallest absolute Gasteiger partial charge is 0.411 e. The third-order valence-corrected chi connectivity index (χ3v) is 5.21. The molecule has 3 heterocycles. The molecule has 1 aromatic carbocycles. The van der Waals surface area contributed by atoms with Gasteiger partial charge < -0.3 is 9.64 Å². The highest BCUT2D eigenvalue weighted by molar-refractivity contribution is 5.88. The van der Waals surface area contributed by atoms with E-state index < -0.39 is 17.7 Å². The lowest BCUT2D eigenvalue weighted by Crippen LogP contribution is -2.43. The van der Waals surface area contributed by atoms with Crippen LogP contribution in [-0.4, -0.2) is 50.5 Å². The molecule has 158 valence electrons. The van der Waals surface area contributed by atoms with Crippen molar-refractivity contribution in [1.29, 1.82) is 0 Å². The molecule has 1 aromatic heterocycles. The minimum atomic E-state index is -0.796. The molecule has 7 nitrogen and oxygen atoms in total. The highest BCUT2D eigenvalue weighted by atomic mass is 19.1. The Labute approximate surface area is 174 Å². The fraction of sp³-hybridized carbons (Fsp3) is 0.455. The van der Waals surface area contributed by atoms with Crippen molar-refractivity contribution in [1.82, 2.24) is 19.8 Å². The summed E-state index contributed by atoms with van der Waals surface area (Å²) in [5.74, 6) is -0.0466. The maximum atomic E-state index is 13.3. The van der Waals surface area contributed by atoms with Gasteiger partial charge in [-0.3, -0.25) is 9.69 Å². The number of halogens is 1. The number of amides is 2. The van der Waals surface area contributed by atoms with Crippen molar-refractivity contribution in [3.63, 3.8) is 0 Å². The van der Waals surface area contributed by atoms with E-state index in [1.54, 1.807) is 44.0 Å². The number of nitrogens with zero attached hydrogens (tertiary/aromatic N) is 4. The zero-order valence-electron chi connectivity index (χ0n) is 17.4. The molecule has 1 atom stereocenters. The van der Waals surface area contributed by atoms with Gasteiger partial charge in [0, 0.05) is 30.4 Å². The maximum Gasteiger partial charge on any atom is 0.411 e. The fourth-order valence-corrected chi connectivity index (χ4v) is 3.81. The summed E-state index contributed by atoms with van der Waals surface area (Å²) in [6.07, 6.45) is 2.96. The van der Waals surface area contributed by atoms with Crippen molar-refractivity contribution >= 4 is 12.0 Å². The van der Waals surface area contributed by atoms with Crippen LogP contribution in [0.4, 0.5) is 9.18 Å². The van der Waals surface area contributed by atoms with E-state index in [4.69, 9.17) is 4.74 Å². The highest BCUT2D eigenvalue weighted by Crippen LogP contribution is 2.36. The molecule has 2 aliphatic heterocycles. The molecule has 30 heavy (non-hydrogen) atoms. The summed E-state index contributed by atoms with van der Waals surface area (Å²) >= 11 is 0. The molecule has 2 aromatic rings. The third kappa shape index (κ3) is 3.99. The van der Waals surface area contributed by atoms with Crippen molar-refractivity contribution in [3.05, 3.63) is 47.5 Å². The Bertz CT molecular complexity index is 965. The summed E-state index contributed by atoms with van der Waals surface area (Å²) in [7, 11) is 0. The fourth-order valence-electron chi connectivity index (χ4n) is 3.81. The lowest BCUT2D eigenvalue weighted by atomic mass is 10.1. The number of hydrogen-bond donors (Lipinski definition) is 0. The average molecular weight is 412 g/mol. The zero-order chi connectivity index (χ0) is 21.5. The van der Waals surface area contributed by atoms with E-state index >= 15 is 0 Å². The van der Waals surface area contributed by atoms with E-state index in [9.17, 15) is 14.0 Å². The van der Waals surface area contributed by atoms with Crippen LogP contribution in [-0.2, 0) is 16.1 Å². The summed E-state index contributed by atoms with van der Waals surface area (Å²) < 4.78 is 18.8. The molecule has 0 aliphatic carbocycles. The van der Waals surface area contributed by atoms with E-state index in [1.807, 2.05) is 0 Å². The van der Waals surface area contributed by atoms with Crippen LogP contribution in [0.2, 0.25) is 0 Å². The number of likely N-dealkylation sites (tertiary alicyclic amines) is 1. The van der Waals surface area contributed by atoms with Crippen LogP contribution < -0.4 is 0 Å². The van der Waals surface area contributed by atoms with Crippen LogP contribution in [0, 0.1) is 5.82 Å². The monoisotopic (exact) mass is 412 g/mol. The minimum Gasteiger partial charge on any atom is -0.444 e. The van der Waals surface area contributed by atoms with Gasteiger partial charge in [-0.25, -0.2) is 19.2 Å². The maximum absolute atomic E-state index is 13.3. The largest absolute Gasteiger partial charge is 0.444 e. The minimum absolute atomic E-state index is 0.129. The number of hydrogen-bond acceptors (Lipinski definition) is 5. The Hall–Kier alpha value is -3.03. The van der Waals surface area contributed by atoms with Crippen LogP contribution in [0.3, 0.4) is 0 Å². The molecular formula is C22H25FN4O3. The van der Waals surface area contributed by atoms with E-state index in [0.717, 1.165) is 12.8 Å². The second-order valence-electron chi connectivity index (χ2n) is 8.65. The van der Waals surface area contributed by atoms with Gasteiger partial charge in [-0.15, -0.1) is 0 Å². The van der Waals surface area contributed by atoms with Gasteiger partial charge in [-0.2, -0.15) is 0 Å². The molecule has 0 spiro atoms. The highest BCUT2D eigenvalue weighted by Gasteiger charge is 2.43. The van der Waals surface area contributed by atoms with Gasteiger partial charge >= 0.3 is 6.09 Å². The third-order valence-electron chi connectivity index (χ3n) is 5.21. The standard InChI is InChI=1S/C22H25FN4O3/c1-22(2,3)30-21(29)27-13-17-16(18(27)20(28)26-10-4-5-11-26)12-24-19(25-17)14-6-8-15(23)9-7-14/h6-9,12,18H,4-5,10-11,13H2,1-3H3/t18-/m1/s1. The van der Waals surface area contributed by atoms with Gasteiger partial charge in [0.1, 0.15) is 17.5 Å². The number of rotatable bonds is 2. The summed E-state index contributed by atoms with van der Waals surface area (Å²) in [4.78, 5) is 38.4. The zero-order valence-corrected chi connectivity index (χ0v) is 17.4. The topological polar surface area (TPSA) is 75.6 Å². The molecule has 0 radical (unpaired) electrons. The molecular weight excluding hydrogens is 387 g/mol. The Morgan fingerprint density at radius 2 is 1.80 bits per heavy atom. The molecule has 1 fully saturated rings. The van der Waals surface area contributed by atoms with Gasteiger partial charge in [0.05, 0.1) is 12.2 Å². The molecule has 0 saturated carbocycles. The first-order valence-electron chi connectivity index (χ1n) is 10.1. The van der Waals surface area contributed by atoms with E-state index in [1.165, 1.54) is 17.0 Å². The number of carbonyl (C=O) groups is 2. The lowest BCUT2D eigenvalue weighted by molar-refractivity contribution is -0.135. The first-order chi connectivity index (χ1) is 14.2. The molecule has 2 amide bonds. The predicted octanol–water partition coefficient (Wildman–Crippen LogP) is 3.70. The van der Waals surface area contributed by atoms with Crippen LogP contribution in [0.15, 0.2) is 30.5 Å². The van der Waals surface area contributed by atoms with Crippen molar-refractivity contribution in [2.45, 2.75) is 51.8 Å². The first kappa shape index (κ1) is 20.3. The summed E-state index contributed by atoms with van der Waals surface area (Å²) in [5, 5.41) is 0. The van der Waals surface area contributed by atoms with Crippen LogP contribution in [0.1, 0.15) is 50.9 Å². The molecule has 1 saturated heterocycles. The Morgan fingerprint density at radius 1 is 1.13 bits per heavy atom. The van der Waals surface area contributed by atoms with Crippen LogP contribution in [0.5, 0.6) is 0 Å². The Balaban J connectivity index is 1.69. The van der Waals surface area contributed by atoms with E-state index in [2.05, 4.69) is 9.97 Å². The van der Waals surface area contributed by atoms with E-state index in [-0.39, 0.29) is 18.3 Å². The second-order valence-corrected chi connectivity index (χ2v) is 8.65. The number of carbonyl (C=O) groups excluding carboxylic acids is 2. The number of ether oxygens (including phenoxy) is 1. The Kier molecular flexibility index (Phi) is 5.17. The van der Waals surface area contributed by atoms with Gasteiger partial charge in [-0.1, -0.05) is 0 Å². The van der Waals surface area contributed by atoms with Gasteiger partial charge in [0.15, 0.2) is 5.82 Å². The van der Waals surface area contributed by atoms with Crippen LogP contribution >= 0.6 is 0 Å². The number of benzene rings is 1. The van der Waals surface area contributed by atoms with Crippen LogP contribution in [0.25, 0.3) is 11.4 Å². The quantitative estimate of drug-likeness (QED) is 0.752. The predicted molar refractivity (Wildman–Crippen MR) is 108 cm³/mol. The molecule has 0 unspecified atom stereocenters. The van der Waals surface area contributed by atoms with Crippen molar-refractivity contribution in [2.24, 2.45) is 0 Å². The van der Waals surface area contributed by atoms with Gasteiger partial charge in [-0.05, 0) is 57.9 Å². The SMILES string of the molecule is CC(C)(C)OC(=O)N1Cc2nc(-c3ccc(F)cc3)ncc2[C@@H]1C(=O)N1CCCC1. The molecule has 0 bridgehead atoms.